The van der Waals surface area contributed by atoms with Crippen LogP contribution >= 0.6 is 0 Å². The number of rotatable bonds is 12. The molecule has 5 fully saturated rings. The molecule has 1 saturated carbocycles. The zero-order chi connectivity index (χ0) is 38.1. The second-order valence-electron chi connectivity index (χ2n) is 15.8. The van der Waals surface area contributed by atoms with Crippen LogP contribution < -0.4 is 14.4 Å². The second kappa shape index (κ2) is 13.9. The molecular formula is C40H45F3N6O6. The molecule has 2 aromatic carbocycles. The Morgan fingerprint density at radius 1 is 1.05 bits per heavy atom. The maximum absolute atomic E-state index is 17.4. The second-order valence-corrected chi connectivity index (χ2v) is 15.8. The first-order chi connectivity index (χ1) is 26.6. The first kappa shape index (κ1) is 36.2. The maximum Gasteiger partial charge on any atom is 0.408 e. The molecule has 9 rings (SSSR count). The fourth-order valence-electron chi connectivity index (χ4n) is 9.68. The predicted octanol–water partition coefficient (Wildman–Crippen LogP) is 6.50. The number of piperazine rings is 1. The third-order valence-electron chi connectivity index (χ3n) is 12.3. The van der Waals surface area contributed by atoms with Gasteiger partial charge in [0.25, 0.3) is 0 Å². The van der Waals surface area contributed by atoms with Gasteiger partial charge in [-0.25, -0.2) is 18.0 Å². The quantitative estimate of drug-likeness (QED) is 0.159. The van der Waals surface area contributed by atoms with Crippen LogP contribution in [0.25, 0.3) is 32.9 Å². The van der Waals surface area contributed by atoms with E-state index < -0.39 is 35.0 Å². The summed E-state index contributed by atoms with van der Waals surface area (Å²) in [6.07, 6.45) is 5.23. The van der Waals surface area contributed by atoms with Crippen molar-refractivity contribution in [3.63, 3.8) is 0 Å². The molecule has 5 aliphatic rings. The van der Waals surface area contributed by atoms with Crippen molar-refractivity contribution in [2.75, 3.05) is 58.2 Å². The summed E-state index contributed by atoms with van der Waals surface area (Å²) in [5.74, 6) is -0.420. The third-order valence-corrected chi connectivity index (χ3v) is 12.3. The zero-order valence-corrected chi connectivity index (χ0v) is 31.0. The molecule has 4 saturated heterocycles. The Hall–Kier alpha value is -4.47. The van der Waals surface area contributed by atoms with Gasteiger partial charge in [-0.05, 0) is 86.0 Å². The van der Waals surface area contributed by atoms with E-state index in [4.69, 9.17) is 23.9 Å². The summed E-state index contributed by atoms with van der Waals surface area (Å²) in [7, 11) is 1.50. The van der Waals surface area contributed by atoms with Crippen molar-refractivity contribution in [3.05, 3.63) is 47.7 Å². The average molecular weight is 763 g/mol. The van der Waals surface area contributed by atoms with Crippen LogP contribution in [0.5, 0.6) is 11.8 Å². The lowest BCUT2D eigenvalue weighted by Crippen LogP contribution is -2.65. The van der Waals surface area contributed by atoms with Gasteiger partial charge in [0, 0.05) is 44.9 Å². The van der Waals surface area contributed by atoms with Crippen molar-refractivity contribution in [1.82, 2.24) is 24.8 Å². The molecule has 4 aromatic rings. The monoisotopic (exact) mass is 762 g/mol. The van der Waals surface area contributed by atoms with Crippen molar-refractivity contribution in [2.45, 2.75) is 87.7 Å². The van der Waals surface area contributed by atoms with Crippen molar-refractivity contribution in [3.8, 4) is 23.0 Å². The van der Waals surface area contributed by atoms with E-state index in [1.807, 2.05) is 11.8 Å². The van der Waals surface area contributed by atoms with E-state index in [1.54, 1.807) is 23.1 Å². The average Bonchev–Trinajstić information content (AvgIpc) is 3.78. The number of halogens is 3. The molecule has 2 bridgehead atoms. The number of carbonyl (C=O) groups is 1. The standard InChI is InChI=1S/C40H45F3N6O6/c1-3-28-31(42)8-5-23-13-27(55-22-52-2)14-29(32(23)28)34-33(43)35-30(16-44-34)36(46-37(45-35)54-20-39-10-4-12-48(39)17-24(41)15-39)47-18-25-9-11-40(19-47,49(25)38(50)51)21-53-26-6-7-26/h5,8,13-14,16,24-26H,3-4,6-7,9-12,15,17-22H2,1-2H3,(H,50,51)/t24-,25+,39+,40-/m1/s1. The molecule has 4 aliphatic heterocycles. The molecule has 292 valence electrons. The zero-order valence-electron chi connectivity index (χ0n) is 31.0. The largest absolute Gasteiger partial charge is 0.468 e. The van der Waals surface area contributed by atoms with Gasteiger partial charge in [-0.2, -0.15) is 9.97 Å². The SMILES string of the molecule is CCc1c(F)ccc2cc(OCOC)cc(-c3ncc4c(N5C[C@@H]6CC[C@](COC7CC7)(C5)N6C(=O)O)nc(OC[C@@]56CCCN5C[C@H](F)C6)nc4c3F)c12. The molecule has 4 atom stereocenters. The van der Waals surface area contributed by atoms with Gasteiger partial charge in [-0.3, -0.25) is 14.8 Å². The number of anilines is 1. The van der Waals surface area contributed by atoms with E-state index in [1.165, 1.54) is 19.4 Å². The minimum absolute atomic E-state index is 0.0525. The Morgan fingerprint density at radius 2 is 1.91 bits per heavy atom. The normalized spacial score (nSPS) is 26.3. The first-order valence-corrected chi connectivity index (χ1v) is 19.3. The van der Waals surface area contributed by atoms with Crippen molar-refractivity contribution in [2.24, 2.45) is 0 Å². The highest BCUT2D eigenvalue weighted by molar-refractivity contribution is 6.02. The molecular weight excluding hydrogens is 717 g/mol. The smallest absolute Gasteiger partial charge is 0.408 e. The minimum Gasteiger partial charge on any atom is -0.468 e. The van der Waals surface area contributed by atoms with Crippen LogP contribution in [0.2, 0.25) is 0 Å². The van der Waals surface area contributed by atoms with Gasteiger partial charge >= 0.3 is 12.1 Å². The summed E-state index contributed by atoms with van der Waals surface area (Å²) in [6, 6.07) is 5.99. The number of pyridine rings is 1. The highest BCUT2D eigenvalue weighted by Gasteiger charge is 2.55. The van der Waals surface area contributed by atoms with Gasteiger partial charge in [0.2, 0.25) is 0 Å². The number of alkyl halides is 1. The molecule has 1 amide bonds. The number of benzene rings is 2. The topological polar surface area (TPSA) is 123 Å². The van der Waals surface area contributed by atoms with Gasteiger partial charge in [0.05, 0.1) is 35.2 Å². The summed E-state index contributed by atoms with van der Waals surface area (Å²) in [6.45, 7) is 3.87. The lowest BCUT2D eigenvalue weighted by molar-refractivity contribution is -0.00518. The summed E-state index contributed by atoms with van der Waals surface area (Å²) >= 11 is 0. The molecule has 55 heavy (non-hydrogen) atoms. The Labute approximate surface area is 316 Å². The number of aryl methyl sites for hydroxylation is 1. The Balaban J connectivity index is 1.18. The van der Waals surface area contributed by atoms with Crippen LogP contribution in [0.1, 0.15) is 57.4 Å². The number of fused-ring (bicyclic) bond motifs is 5. The highest BCUT2D eigenvalue weighted by Crippen LogP contribution is 2.45. The number of hydrogen-bond donors (Lipinski definition) is 1. The van der Waals surface area contributed by atoms with E-state index in [9.17, 15) is 14.3 Å². The molecule has 12 nitrogen and oxygen atoms in total. The Bertz CT molecular complexity index is 2160. The summed E-state index contributed by atoms with van der Waals surface area (Å²) in [5.41, 5.74) is -0.702. The lowest BCUT2D eigenvalue weighted by atomic mass is 9.94. The fraction of sp³-hybridized carbons (Fsp3) is 0.550. The molecule has 2 aromatic heterocycles. The number of hydrogen-bond acceptors (Lipinski definition) is 10. The van der Waals surface area contributed by atoms with E-state index in [2.05, 4.69) is 14.9 Å². The van der Waals surface area contributed by atoms with Gasteiger partial charge in [0.15, 0.2) is 12.6 Å². The van der Waals surface area contributed by atoms with Crippen molar-refractivity contribution >= 4 is 33.6 Å². The van der Waals surface area contributed by atoms with Gasteiger partial charge in [0.1, 0.15) is 41.4 Å². The molecule has 0 radical (unpaired) electrons. The number of aromatic nitrogens is 3. The number of carboxylic acid groups (broad SMARTS) is 1. The lowest BCUT2D eigenvalue weighted by Gasteiger charge is -2.48. The predicted molar refractivity (Wildman–Crippen MR) is 197 cm³/mol. The van der Waals surface area contributed by atoms with Crippen LogP contribution in [-0.4, -0.2) is 119 Å². The summed E-state index contributed by atoms with van der Waals surface area (Å²) in [5, 5.41) is 11.8. The number of nitrogens with zero attached hydrogens (tertiary/aromatic N) is 6. The summed E-state index contributed by atoms with van der Waals surface area (Å²) < 4.78 is 70.9. The van der Waals surface area contributed by atoms with Gasteiger partial charge < -0.3 is 29.0 Å². The van der Waals surface area contributed by atoms with Crippen LogP contribution in [0, 0.1) is 11.6 Å². The molecule has 1 aliphatic carbocycles. The highest BCUT2D eigenvalue weighted by atomic mass is 19.1. The van der Waals surface area contributed by atoms with E-state index in [0.29, 0.717) is 77.6 Å². The van der Waals surface area contributed by atoms with Crippen LogP contribution in [0.3, 0.4) is 0 Å². The molecule has 6 heterocycles. The fourth-order valence-corrected chi connectivity index (χ4v) is 9.68. The van der Waals surface area contributed by atoms with E-state index >= 15 is 8.78 Å². The van der Waals surface area contributed by atoms with E-state index in [-0.39, 0.29) is 55.9 Å². The summed E-state index contributed by atoms with van der Waals surface area (Å²) in [4.78, 5) is 32.5. The Morgan fingerprint density at radius 3 is 2.69 bits per heavy atom. The molecule has 0 unspecified atom stereocenters. The van der Waals surface area contributed by atoms with Gasteiger partial charge in [-0.1, -0.05) is 13.0 Å². The van der Waals surface area contributed by atoms with Crippen LogP contribution in [0.15, 0.2) is 30.5 Å². The number of methoxy groups -OCH3 is 1. The molecule has 1 N–H and O–H groups in total. The molecule has 0 spiro atoms. The molecule has 15 heteroatoms. The van der Waals surface area contributed by atoms with Crippen LogP contribution in [-0.2, 0) is 15.9 Å². The van der Waals surface area contributed by atoms with E-state index in [0.717, 1.165) is 32.2 Å². The van der Waals surface area contributed by atoms with Gasteiger partial charge in [-0.15, -0.1) is 0 Å². The number of ether oxygens (including phenoxy) is 4. The minimum atomic E-state index is -0.995. The maximum atomic E-state index is 17.4. The Kier molecular flexibility index (Phi) is 9.16. The first-order valence-electron chi connectivity index (χ1n) is 19.3. The van der Waals surface area contributed by atoms with Crippen molar-refractivity contribution < 1.29 is 42.0 Å². The van der Waals surface area contributed by atoms with Crippen molar-refractivity contribution in [1.29, 1.82) is 0 Å². The number of amides is 1. The third kappa shape index (κ3) is 6.28. The van der Waals surface area contributed by atoms with Crippen LogP contribution in [0.4, 0.5) is 23.8 Å².